The fourth-order valence-corrected chi connectivity index (χ4v) is 1.36. The molecule has 0 heterocycles. The first-order valence-electron chi connectivity index (χ1n) is 4.99. The number of benzene rings is 1. The standard InChI is InChI=1S/C13H13NO3/c1-9(7-10-5-3-2-4-6-10)11(13(16)17)8-12(14)15/h2-8H,1H3,(H2,14,15)(H,16,17)/b9-7-,11-8-. The topological polar surface area (TPSA) is 80.4 Å². The molecule has 0 spiro atoms. The van der Waals surface area contributed by atoms with Gasteiger partial charge in [-0.2, -0.15) is 0 Å². The van der Waals surface area contributed by atoms with Gasteiger partial charge in [-0.15, -0.1) is 0 Å². The third-order valence-corrected chi connectivity index (χ3v) is 2.12. The first kappa shape index (κ1) is 12.7. The van der Waals surface area contributed by atoms with Gasteiger partial charge in [0, 0.05) is 6.08 Å². The molecule has 0 aliphatic heterocycles. The zero-order chi connectivity index (χ0) is 12.8. The number of carbonyl (C=O) groups is 2. The number of carbonyl (C=O) groups excluding carboxylic acids is 1. The van der Waals surface area contributed by atoms with Crippen LogP contribution in [0.5, 0.6) is 0 Å². The summed E-state index contributed by atoms with van der Waals surface area (Å²) in [6.07, 6.45) is 2.60. The highest BCUT2D eigenvalue weighted by molar-refractivity contribution is 6.01. The van der Waals surface area contributed by atoms with Gasteiger partial charge in [0.1, 0.15) is 0 Å². The summed E-state index contributed by atoms with van der Waals surface area (Å²) in [5.74, 6) is -1.95. The van der Waals surface area contributed by atoms with Gasteiger partial charge >= 0.3 is 5.97 Å². The molecule has 0 fully saturated rings. The van der Waals surface area contributed by atoms with Crippen LogP contribution in [0, 0.1) is 0 Å². The van der Waals surface area contributed by atoms with E-state index in [1.54, 1.807) is 13.0 Å². The number of rotatable bonds is 4. The molecular weight excluding hydrogens is 218 g/mol. The summed E-state index contributed by atoms with van der Waals surface area (Å²) in [7, 11) is 0. The normalized spacial score (nSPS) is 12.3. The Morgan fingerprint density at radius 2 is 1.82 bits per heavy atom. The smallest absolute Gasteiger partial charge is 0.336 e. The Morgan fingerprint density at radius 1 is 1.24 bits per heavy atom. The lowest BCUT2D eigenvalue weighted by molar-refractivity contribution is -0.132. The number of hydrogen-bond donors (Lipinski definition) is 2. The second-order valence-corrected chi connectivity index (χ2v) is 3.50. The van der Waals surface area contributed by atoms with Crippen molar-refractivity contribution in [1.82, 2.24) is 0 Å². The molecule has 4 nitrogen and oxygen atoms in total. The van der Waals surface area contributed by atoms with Gasteiger partial charge in [-0.1, -0.05) is 36.4 Å². The number of primary amides is 1. The summed E-state index contributed by atoms with van der Waals surface area (Å²) in [4.78, 5) is 21.7. The molecule has 0 radical (unpaired) electrons. The van der Waals surface area contributed by atoms with Crippen molar-refractivity contribution in [2.75, 3.05) is 0 Å². The van der Waals surface area contributed by atoms with E-state index in [4.69, 9.17) is 10.8 Å². The minimum atomic E-state index is -1.17. The maximum absolute atomic E-state index is 10.9. The molecular formula is C13H13NO3. The second kappa shape index (κ2) is 5.65. The molecule has 1 aromatic carbocycles. The van der Waals surface area contributed by atoms with Gasteiger partial charge in [0.05, 0.1) is 5.57 Å². The van der Waals surface area contributed by atoms with Gasteiger partial charge in [0.15, 0.2) is 0 Å². The van der Waals surface area contributed by atoms with Gasteiger partial charge in [0.25, 0.3) is 0 Å². The minimum Gasteiger partial charge on any atom is -0.478 e. The lowest BCUT2D eigenvalue weighted by Crippen LogP contribution is -2.11. The number of carboxylic acid groups (broad SMARTS) is 1. The van der Waals surface area contributed by atoms with E-state index >= 15 is 0 Å². The Kier molecular flexibility index (Phi) is 4.22. The molecule has 0 saturated carbocycles. The van der Waals surface area contributed by atoms with Gasteiger partial charge in [-0.3, -0.25) is 4.79 Å². The molecule has 0 saturated heterocycles. The Morgan fingerprint density at radius 3 is 2.29 bits per heavy atom. The molecule has 0 unspecified atom stereocenters. The lowest BCUT2D eigenvalue weighted by Gasteiger charge is -2.02. The largest absolute Gasteiger partial charge is 0.478 e. The van der Waals surface area contributed by atoms with Crippen molar-refractivity contribution in [2.24, 2.45) is 5.73 Å². The number of hydrogen-bond acceptors (Lipinski definition) is 2. The molecule has 0 aliphatic rings. The third-order valence-electron chi connectivity index (χ3n) is 2.12. The SMILES string of the molecule is CC(=C/c1ccccc1)/C(=C/C(N)=O)C(=O)O. The van der Waals surface area contributed by atoms with Gasteiger partial charge in [-0.25, -0.2) is 4.79 Å². The Balaban J connectivity index is 3.09. The zero-order valence-electron chi connectivity index (χ0n) is 9.38. The van der Waals surface area contributed by atoms with Crippen LogP contribution in [0.1, 0.15) is 12.5 Å². The second-order valence-electron chi connectivity index (χ2n) is 3.50. The average molecular weight is 231 g/mol. The average Bonchev–Trinajstić information content (AvgIpc) is 2.26. The van der Waals surface area contributed by atoms with Crippen LogP contribution in [0.2, 0.25) is 0 Å². The highest BCUT2D eigenvalue weighted by Gasteiger charge is 2.10. The number of amides is 1. The number of nitrogens with two attached hydrogens (primary N) is 1. The summed E-state index contributed by atoms with van der Waals surface area (Å²) in [6, 6.07) is 9.24. The van der Waals surface area contributed by atoms with Crippen molar-refractivity contribution < 1.29 is 14.7 Å². The van der Waals surface area contributed by atoms with Crippen LogP contribution in [0.15, 0.2) is 47.6 Å². The molecule has 0 aliphatic carbocycles. The molecule has 1 aromatic rings. The van der Waals surface area contributed by atoms with Crippen molar-refractivity contribution in [3.63, 3.8) is 0 Å². The highest BCUT2D eigenvalue weighted by atomic mass is 16.4. The van der Waals surface area contributed by atoms with Crippen LogP contribution >= 0.6 is 0 Å². The van der Waals surface area contributed by atoms with Gasteiger partial charge in [-0.05, 0) is 18.1 Å². The van der Waals surface area contributed by atoms with Crippen LogP contribution in [-0.2, 0) is 9.59 Å². The van der Waals surface area contributed by atoms with Crippen LogP contribution in [-0.4, -0.2) is 17.0 Å². The Labute approximate surface area is 99.1 Å². The molecule has 88 valence electrons. The first-order valence-corrected chi connectivity index (χ1v) is 4.99. The molecule has 17 heavy (non-hydrogen) atoms. The van der Waals surface area contributed by atoms with Crippen molar-refractivity contribution in [1.29, 1.82) is 0 Å². The van der Waals surface area contributed by atoms with E-state index < -0.39 is 11.9 Å². The maximum atomic E-state index is 10.9. The molecule has 0 atom stereocenters. The van der Waals surface area contributed by atoms with Crippen LogP contribution < -0.4 is 5.73 Å². The van der Waals surface area contributed by atoms with E-state index in [-0.39, 0.29) is 5.57 Å². The molecule has 3 N–H and O–H groups in total. The predicted molar refractivity (Wildman–Crippen MR) is 65.0 cm³/mol. The maximum Gasteiger partial charge on any atom is 0.336 e. The Hall–Kier alpha value is -2.36. The molecule has 1 rings (SSSR count). The van der Waals surface area contributed by atoms with E-state index in [2.05, 4.69) is 0 Å². The summed E-state index contributed by atoms with van der Waals surface area (Å²) < 4.78 is 0. The quantitative estimate of drug-likeness (QED) is 0.610. The summed E-state index contributed by atoms with van der Waals surface area (Å²) >= 11 is 0. The minimum absolute atomic E-state index is 0.0960. The summed E-state index contributed by atoms with van der Waals surface area (Å²) in [5.41, 5.74) is 6.20. The van der Waals surface area contributed by atoms with Gasteiger partial charge in [0.2, 0.25) is 5.91 Å². The number of aliphatic carboxylic acids is 1. The molecule has 1 amide bonds. The monoisotopic (exact) mass is 231 g/mol. The predicted octanol–water partition coefficient (Wildman–Crippen LogP) is 1.59. The van der Waals surface area contributed by atoms with Gasteiger partial charge < -0.3 is 10.8 Å². The number of carboxylic acids is 1. The summed E-state index contributed by atoms with van der Waals surface area (Å²) in [5, 5.41) is 8.95. The highest BCUT2D eigenvalue weighted by Crippen LogP contribution is 2.14. The van der Waals surface area contributed by atoms with Crippen molar-refractivity contribution in [3.8, 4) is 0 Å². The fraction of sp³-hybridized carbons (Fsp3) is 0.0769. The van der Waals surface area contributed by atoms with E-state index in [9.17, 15) is 9.59 Å². The first-order chi connectivity index (χ1) is 8.00. The van der Waals surface area contributed by atoms with Crippen LogP contribution in [0.4, 0.5) is 0 Å². The third kappa shape index (κ3) is 3.95. The van der Waals surface area contributed by atoms with Crippen LogP contribution in [0.3, 0.4) is 0 Å². The Bertz CT molecular complexity index is 487. The summed E-state index contributed by atoms with van der Waals surface area (Å²) in [6.45, 7) is 1.62. The molecule has 4 heteroatoms. The van der Waals surface area contributed by atoms with E-state index in [1.165, 1.54) is 0 Å². The van der Waals surface area contributed by atoms with E-state index in [1.807, 2.05) is 30.3 Å². The van der Waals surface area contributed by atoms with Crippen molar-refractivity contribution in [2.45, 2.75) is 6.92 Å². The van der Waals surface area contributed by atoms with E-state index in [0.29, 0.717) is 5.57 Å². The van der Waals surface area contributed by atoms with Crippen molar-refractivity contribution >= 4 is 18.0 Å². The zero-order valence-corrected chi connectivity index (χ0v) is 9.38. The van der Waals surface area contributed by atoms with Crippen molar-refractivity contribution in [3.05, 3.63) is 53.1 Å². The van der Waals surface area contributed by atoms with E-state index in [0.717, 1.165) is 11.6 Å². The lowest BCUT2D eigenvalue weighted by atomic mass is 10.0. The molecule has 0 aromatic heterocycles. The fourth-order valence-electron chi connectivity index (χ4n) is 1.36. The van der Waals surface area contributed by atoms with Crippen LogP contribution in [0.25, 0.3) is 6.08 Å². The molecule has 0 bridgehead atoms.